The fourth-order valence-electron chi connectivity index (χ4n) is 3.00. The molecule has 0 aliphatic carbocycles. The maximum atomic E-state index is 6.35. The largest absolute Gasteiger partial charge is 0.381 e. The van der Waals surface area contributed by atoms with Gasteiger partial charge in [-0.2, -0.15) is 0 Å². The summed E-state index contributed by atoms with van der Waals surface area (Å²) in [6, 6.07) is 6.40. The first-order valence-electron chi connectivity index (χ1n) is 7.66. The van der Waals surface area contributed by atoms with Crippen molar-refractivity contribution in [2.45, 2.75) is 38.3 Å². The molecule has 4 nitrogen and oxygen atoms in total. The fraction of sp³-hybridized carbons (Fsp3) is 0.688. The van der Waals surface area contributed by atoms with E-state index in [4.69, 9.17) is 10.5 Å². The van der Waals surface area contributed by atoms with Crippen LogP contribution < -0.4 is 5.73 Å². The number of ether oxygens (including phenoxy) is 1. The summed E-state index contributed by atoms with van der Waals surface area (Å²) >= 11 is 0. The van der Waals surface area contributed by atoms with E-state index in [1.807, 2.05) is 18.3 Å². The van der Waals surface area contributed by atoms with Crippen molar-refractivity contribution in [3.8, 4) is 0 Å². The maximum absolute atomic E-state index is 6.35. The molecule has 0 bridgehead atoms. The van der Waals surface area contributed by atoms with Crippen LogP contribution in [0.15, 0.2) is 24.4 Å². The third kappa shape index (κ3) is 4.01. The van der Waals surface area contributed by atoms with Crippen molar-refractivity contribution in [2.75, 3.05) is 26.8 Å². The molecular weight excluding hydrogens is 250 g/mol. The van der Waals surface area contributed by atoms with Gasteiger partial charge in [0.15, 0.2) is 0 Å². The zero-order valence-corrected chi connectivity index (χ0v) is 12.7. The zero-order valence-electron chi connectivity index (χ0n) is 12.7. The van der Waals surface area contributed by atoms with Crippen molar-refractivity contribution < 1.29 is 4.74 Å². The molecule has 2 atom stereocenters. The molecule has 1 fully saturated rings. The van der Waals surface area contributed by atoms with Gasteiger partial charge in [0, 0.05) is 32.0 Å². The lowest BCUT2D eigenvalue weighted by atomic mass is 9.96. The molecule has 112 valence electrons. The summed E-state index contributed by atoms with van der Waals surface area (Å²) in [6.07, 6.45) is 5.12. The summed E-state index contributed by atoms with van der Waals surface area (Å²) < 4.78 is 5.44. The Kier molecular flexibility index (Phi) is 5.95. The summed E-state index contributed by atoms with van der Waals surface area (Å²) in [5.74, 6) is 0.712. The number of nitrogens with zero attached hydrogens (tertiary/aromatic N) is 2. The quantitative estimate of drug-likeness (QED) is 0.866. The highest BCUT2D eigenvalue weighted by Crippen LogP contribution is 2.25. The molecular formula is C16H27N3O. The molecule has 2 N–H and O–H groups in total. The van der Waals surface area contributed by atoms with Crippen LogP contribution in [0.25, 0.3) is 0 Å². The number of nitrogens with two attached hydrogens (primary N) is 1. The van der Waals surface area contributed by atoms with Gasteiger partial charge in [-0.3, -0.25) is 9.88 Å². The summed E-state index contributed by atoms with van der Waals surface area (Å²) in [5, 5.41) is 0. The minimum absolute atomic E-state index is 0.120. The van der Waals surface area contributed by atoms with E-state index in [0.29, 0.717) is 5.92 Å². The molecule has 1 aliphatic heterocycles. The van der Waals surface area contributed by atoms with Crippen LogP contribution in [-0.2, 0) is 4.74 Å². The van der Waals surface area contributed by atoms with Crippen LogP contribution in [0, 0.1) is 5.92 Å². The normalized spacial score (nSPS) is 20.0. The number of aromatic nitrogens is 1. The first-order chi connectivity index (χ1) is 9.72. The van der Waals surface area contributed by atoms with Gasteiger partial charge in [-0.1, -0.05) is 13.0 Å². The van der Waals surface area contributed by atoms with Crippen LogP contribution in [0.1, 0.15) is 37.9 Å². The Morgan fingerprint density at radius 3 is 2.75 bits per heavy atom. The molecule has 4 heteroatoms. The molecule has 0 aromatic carbocycles. The van der Waals surface area contributed by atoms with Crippen LogP contribution in [0.2, 0.25) is 0 Å². The van der Waals surface area contributed by atoms with Crippen molar-refractivity contribution in [1.29, 1.82) is 0 Å². The maximum Gasteiger partial charge on any atom is 0.0671 e. The number of rotatable bonds is 6. The van der Waals surface area contributed by atoms with Gasteiger partial charge in [0.25, 0.3) is 0 Å². The van der Waals surface area contributed by atoms with Crippen LogP contribution in [0.3, 0.4) is 0 Å². The van der Waals surface area contributed by atoms with Crippen LogP contribution in [0.5, 0.6) is 0 Å². The van der Waals surface area contributed by atoms with Gasteiger partial charge in [0.05, 0.1) is 11.7 Å². The van der Waals surface area contributed by atoms with E-state index in [-0.39, 0.29) is 12.1 Å². The molecule has 0 saturated carbocycles. The molecule has 1 saturated heterocycles. The highest BCUT2D eigenvalue weighted by atomic mass is 16.5. The number of likely N-dealkylation sites (N-methyl/N-ethyl adjacent to an activating group) is 1. The zero-order chi connectivity index (χ0) is 14.4. The number of hydrogen-bond acceptors (Lipinski definition) is 4. The van der Waals surface area contributed by atoms with E-state index >= 15 is 0 Å². The molecule has 0 amide bonds. The van der Waals surface area contributed by atoms with Crippen molar-refractivity contribution >= 4 is 0 Å². The SMILES string of the molecule is CCC(N)C(c1ccccn1)N(C)CC1CCOCC1. The van der Waals surface area contributed by atoms with Gasteiger partial charge in [0.1, 0.15) is 0 Å². The van der Waals surface area contributed by atoms with Gasteiger partial charge >= 0.3 is 0 Å². The minimum atomic E-state index is 0.120. The third-order valence-corrected chi connectivity index (χ3v) is 4.23. The van der Waals surface area contributed by atoms with Gasteiger partial charge in [-0.15, -0.1) is 0 Å². The Labute approximate surface area is 122 Å². The van der Waals surface area contributed by atoms with E-state index in [9.17, 15) is 0 Å². The Bertz CT molecular complexity index is 379. The Hall–Kier alpha value is -0.970. The van der Waals surface area contributed by atoms with Gasteiger partial charge in [-0.25, -0.2) is 0 Å². The average Bonchev–Trinajstić information content (AvgIpc) is 2.49. The highest BCUT2D eigenvalue weighted by molar-refractivity contribution is 5.11. The molecule has 1 aliphatic rings. The predicted octanol–water partition coefficient (Wildman–Crippen LogP) is 2.22. The smallest absolute Gasteiger partial charge is 0.0671 e. The molecule has 1 aromatic rings. The lowest BCUT2D eigenvalue weighted by molar-refractivity contribution is 0.0477. The average molecular weight is 277 g/mol. The summed E-state index contributed by atoms with van der Waals surface area (Å²) in [5.41, 5.74) is 7.43. The van der Waals surface area contributed by atoms with E-state index in [2.05, 4.69) is 29.9 Å². The monoisotopic (exact) mass is 277 g/mol. The molecule has 0 radical (unpaired) electrons. The lowest BCUT2D eigenvalue weighted by Gasteiger charge is -2.35. The minimum Gasteiger partial charge on any atom is -0.381 e. The second-order valence-electron chi connectivity index (χ2n) is 5.77. The van der Waals surface area contributed by atoms with E-state index in [1.165, 1.54) is 0 Å². The molecule has 2 heterocycles. The third-order valence-electron chi connectivity index (χ3n) is 4.23. The van der Waals surface area contributed by atoms with Crippen LogP contribution >= 0.6 is 0 Å². The van der Waals surface area contributed by atoms with Crippen LogP contribution in [0.4, 0.5) is 0 Å². The summed E-state index contributed by atoms with van der Waals surface area (Å²) in [4.78, 5) is 6.90. The predicted molar refractivity (Wildman–Crippen MR) is 81.4 cm³/mol. The summed E-state index contributed by atoms with van der Waals surface area (Å²) in [6.45, 7) is 5.00. The Morgan fingerprint density at radius 2 is 2.15 bits per heavy atom. The standard InChI is InChI=1S/C16H27N3O/c1-3-14(17)16(15-6-4-5-9-18-15)19(2)12-13-7-10-20-11-8-13/h4-6,9,13-14,16H,3,7-8,10-12,17H2,1-2H3. The first-order valence-corrected chi connectivity index (χ1v) is 7.66. The van der Waals surface area contributed by atoms with Crippen molar-refractivity contribution in [2.24, 2.45) is 11.7 Å². The topological polar surface area (TPSA) is 51.4 Å². The van der Waals surface area contributed by atoms with E-state index < -0.39 is 0 Å². The second-order valence-corrected chi connectivity index (χ2v) is 5.77. The fourth-order valence-corrected chi connectivity index (χ4v) is 3.00. The van der Waals surface area contributed by atoms with Crippen molar-refractivity contribution in [3.63, 3.8) is 0 Å². The summed E-state index contributed by atoms with van der Waals surface area (Å²) in [7, 11) is 2.17. The second kappa shape index (κ2) is 7.72. The van der Waals surface area contributed by atoms with E-state index in [1.54, 1.807) is 0 Å². The highest BCUT2D eigenvalue weighted by Gasteiger charge is 2.26. The van der Waals surface area contributed by atoms with Crippen molar-refractivity contribution in [1.82, 2.24) is 9.88 Å². The van der Waals surface area contributed by atoms with Crippen molar-refractivity contribution in [3.05, 3.63) is 30.1 Å². The lowest BCUT2D eigenvalue weighted by Crippen LogP contribution is -2.42. The number of pyridine rings is 1. The molecule has 2 unspecified atom stereocenters. The number of hydrogen-bond donors (Lipinski definition) is 1. The van der Waals surface area contributed by atoms with Gasteiger partial charge in [-0.05, 0) is 44.4 Å². The Morgan fingerprint density at radius 1 is 1.40 bits per heavy atom. The van der Waals surface area contributed by atoms with Gasteiger partial charge in [0.2, 0.25) is 0 Å². The molecule has 2 rings (SSSR count). The van der Waals surface area contributed by atoms with Crippen LogP contribution in [-0.4, -0.2) is 42.7 Å². The molecule has 1 aromatic heterocycles. The van der Waals surface area contributed by atoms with E-state index in [0.717, 1.165) is 44.7 Å². The van der Waals surface area contributed by atoms with Gasteiger partial charge < -0.3 is 10.5 Å². The molecule has 20 heavy (non-hydrogen) atoms. The Balaban J connectivity index is 2.05. The first kappa shape index (κ1) is 15.4. The molecule has 0 spiro atoms.